The Morgan fingerprint density at radius 1 is 0.931 bits per heavy atom. The third-order valence-electron chi connectivity index (χ3n) is 4.46. The van der Waals surface area contributed by atoms with Crippen LogP contribution in [0.15, 0.2) is 30.3 Å². The molecule has 9 heteroatoms. The summed E-state index contributed by atoms with van der Waals surface area (Å²) in [5.41, 5.74) is 0.525. The van der Waals surface area contributed by atoms with E-state index in [0.717, 1.165) is 5.56 Å². The number of rotatable bonds is 9. The summed E-state index contributed by atoms with van der Waals surface area (Å²) in [5.74, 6) is 1.15. The van der Waals surface area contributed by atoms with Crippen molar-refractivity contribution in [3.63, 3.8) is 0 Å². The van der Waals surface area contributed by atoms with Crippen molar-refractivity contribution < 1.29 is 28.7 Å². The Balaban J connectivity index is 2.23. The number of nitro groups is 1. The van der Waals surface area contributed by atoms with E-state index in [0.29, 0.717) is 24.5 Å². The maximum atomic E-state index is 12.9. The van der Waals surface area contributed by atoms with Crippen LogP contribution in [0.1, 0.15) is 15.9 Å². The molecule has 156 valence electrons. The minimum atomic E-state index is -0.614. The Morgan fingerprint density at radius 2 is 1.48 bits per heavy atom. The zero-order chi connectivity index (χ0) is 21.6. The minimum Gasteiger partial charge on any atom is -0.493 e. The van der Waals surface area contributed by atoms with Gasteiger partial charge in [-0.25, -0.2) is 0 Å². The van der Waals surface area contributed by atoms with E-state index in [1.807, 2.05) is 12.1 Å². The van der Waals surface area contributed by atoms with E-state index in [2.05, 4.69) is 0 Å². The predicted molar refractivity (Wildman–Crippen MR) is 106 cm³/mol. The highest BCUT2D eigenvalue weighted by Crippen LogP contribution is 2.35. The van der Waals surface area contributed by atoms with Crippen LogP contribution in [-0.2, 0) is 6.42 Å². The SMILES string of the molecule is COc1ccc(CCN(C)C(=O)c2cc(OC)c(OC)cc2[N+](=O)[O-])cc1OC. The summed E-state index contributed by atoms with van der Waals surface area (Å²) in [4.78, 5) is 25.1. The summed E-state index contributed by atoms with van der Waals surface area (Å²) in [5, 5.41) is 11.4. The number of hydrogen-bond acceptors (Lipinski definition) is 7. The maximum absolute atomic E-state index is 12.9. The first-order chi connectivity index (χ1) is 13.9. The van der Waals surface area contributed by atoms with E-state index in [-0.39, 0.29) is 22.7 Å². The Bertz CT molecular complexity index is 899. The number of nitro benzene ring substituents is 1. The monoisotopic (exact) mass is 404 g/mol. The van der Waals surface area contributed by atoms with Gasteiger partial charge in [0.15, 0.2) is 23.0 Å². The molecule has 0 bridgehead atoms. The summed E-state index contributed by atoms with van der Waals surface area (Å²) in [6, 6.07) is 8.00. The number of likely N-dealkylation sites (N-methyl/N-ethyl adjacent to an activating group) is 1. The standard InChI is InChI=1S/C20H24N2O7/c1-21(9-8-13-6-7-16(26-2)17(10-13)27-3)20(23)14-11-18(28-4)19(29-5)12-15(14)22(24)25/h6-7,10-12H,8-9H2,1-5H3. The van der Waals surface area contributed by atoms with Crippen LogP contribution in [0.4, 0.5) is 5.69 Å². The maximum Gasteiger partial charge on any atom is 0.286 e. The summed E-state index contributed by atoms with van der Waals surface area (Å²) in [7, 11) is 7.47. The van der Waals surface area contributed by atoms with Gasteiger partial charge in [0.1, 0.15) is 5.56 Å². The van der Waals surface area contributed by atoms with Crippen LogP contribution in [0.25, 0.3) is 0 Å². The van der Waals surface area contributed by atoms with Gasteiger partial charge in [0, 0.05) is 19.7 Å². The van der Waals surface area contributed by atoms with Crippen LogP contribution in [0.2, 0.25) is 0 Å². The van der Waals surface area contributed by atoms with E-state index in [9.17, 15) is 14.9 Å². The predicted octanol–water partition coefficient (Wildman–Crippen LogP) is 2.94. The number of hydrogen-bond donors (Lipinski definition) is 0. The molecule has 0 aliphatic heterocycles. The van der Waals surface area contributed by atoms with Crippen molar-refractivity contribution in [2.45, 2.75) is 6.42 Å². The van der Waals surface area contributed by atoms with Crippen LogP contribution in [0, 0.1) is 10.1 Å². The normalized spacial score (nSPS) is 10.2. The number of methoxy groups -OCH3 is 4. The molecule has 0 aromatic heterocycles. The van der Waals surface area contributed by atoms with Gasteiger partial charge in [-0.2, -0.15) is 0 Å². The second-order valence-corrected chi connectivity index (χ2v) is 6.15. The van der Waals surface area contributed by atoms with E-state index in [1.54, 1.807) is 27.3 Å². The molecule has 0 fully saturated rings. The molecule has 1 amide bonds. The molecule has 0 saturated heterocycles. The molecule has 0 spiro atoms. The van der Waals surface area contributed by atoms with Gasteiger partial charge in [0.2, 0.25) is 0 Å². The molecule has 0 radical (unpaired) electrons. The molecule has 2 aromatic rings. The Kier molecular flexibility index (Phi) is 7.24. The zero-order valence-electron chi connectivity index (χ0n) is 17.1. The fourth-order valence-electron chi connectivity index (χ4n) is 2.83. The highest BCUT2D eigenvalue weighted by Gasteiger charge is 2.26. The minimum absolute atomic E-state index is 0.0672. The molecule has 0 heterocycles. The van der Waals surface area contributed by atoms with Crippen molar-refractivity contribution in [3.8, 4) is 23.0 Å². The van der Waals surface area contributed by atoms with E-state index < -0.39 is 10.8 Å². The number of benzene rings is 2. The summed E-state index contributed by atoms with van der Waals surface area (Å²) in [6.07, 6.45) is 0.531. The number of ether oxygens (including phenoxy) is 4. The van der Waals surface area contributed by atoms with Gasteiger partial charge in [-0.15, -0.1) is 0 Å². The molecule has 2 rings (SSSR count). The Hall–Kier alpha value is -3.49. The van der Waals surface area contributed by atoms with Gasteiger partial charge in [-0.1, -0.05) is 6.07 Å². The molecule has 0 unspecified atom stereocenters. The largest absolute Gasteiger partial charge is 0.493 e. The fourth-order valence-corrected chi connectivity index (χ4v) is 2.83. The molecule has 9 nitrogen and oxygen atoms in total. The smallest absolute Gasteiger partial charge is 0.286 e. The first-order valence-electron chi connectivity index (χ1n) is 8.73. The van der Waals surface area contributed by atoms with Crippen LogP contribution in [0.3, 0.4) is 0 Å². The summed E-state index contributed by atoms with van der Waals surface area (Å²) in [6.45, 7) is 0.347. The lowest BCUT2D eigenvalue weighted by Gasteiger charge is -2.18. The summed E-state index contributed by atoms with van der Waals surface area (Å²) >= 11 is 0. The van der Waals surface area contributed by atoms with Gasteiger partial charge < -0.3 is 23.8 Å². The first kappa shape index (κ1) is 21.8. The molecule has 0 aliphatic carbocycles. The van der Waals surface area contributed by atoms with Gasteiger partial charge >= 0.3 is 0 Å². The second kappa shape index (κ2) is 9.63. The average molecular weight is 404 g/mol. The van der Waals surface area contributed by atoms with Crippen LogP contribution in [-0.4, -0.2) is 57.8 Å². The quantitative estimate of drug-likeness (QED) is 0.468. The van der Waals surface area contributed by atoms with Crippen LogP contribution < -0.4 is 18.9 Å². The molecular weight excluding hydrogens is 380 g/mol. The Labute approximate surface area is 168 Å². The molecule has 2 aromatic carbocycles. The molecule has 0 aliphatic rings. The van der Waals surface area contributed by atoms with Gasteiger partial charge in [-0.3, -0.25) is 14.9 Å². The molecule has 0 N–H and O–H groups in total. The number of nitrogens with zero attached hydrogens (tertiary/aromatic N) is 2. The fraction of sp³-hybridized carbons (Fsp3) is 0.350. The lowest BCUT2D eigenvalue weighted by Crippen LogP contribution is -2.29. The highest BCUT2D eigenvalue weighted by molar-refractivity contribution is 5.99. The van der Waals surface area contributed by atoms with E-state index in [4.69, 9.17) is 18.9 Å². The topological polar surface area (TPSA) is 100 Å². The van der Waals surface area contributed by atoms with Gasteiger partial charge in [0.05, 0.1) is 39.4 Å². The third-order valence-corrected chi connectivity index (χ3v) is 4.46. The van der Waals surface area contributed by atoms with Crippen molar-refractivity contribution >= 4 is 11.6 Å². The lowest BCUT2D eigenvalue weighted by molar-refractivity contribution is -0.385. The third kappa shape index (κ3) is 4.87. The van der Waals surface area contributed by atoms with Crippen LogP contribution >= 0.6 is 0 Å². The highest BCUT2D eigenvalue weighted by atomic mass is 16.6. The van der Waals surface area contributed by atoms with Crippen molar-refractivity contribution in [1.82, 2.24) is 4.90 Å². The number of amides is 1. The molecular formula is C20H24N2O7. The van der Waals surface area contributed by atoms with E-state index >= 15 is 0 Å². The van der Waals surface area contributed by atoms with Crippen molar-refractivity contribution in [2.75, 3.05) is 42.0 Å². The molecule has 29 heavy (non-hydrogen) atoms. The van der Waals surface area contributed by atoms with Crippen molar-refractivity contribution in [1.29, 1.82) is 0 Å². The average Bonchev–Trinajstić information content (AvgIpc) is 2.75. The lowest BCUT2D eigenvalue weighted by atomic mass is 10.1. The first-order valence-corrected chi connectivity index (χ1v) is 8.73. The summed E-state index contributed by atoms with van der Waals surface area (Å²) < 4.78 is 20.8. The van der Waals surface area contributed by atoms with Gasteiger partial charge in [-0.05, 0) is 24.1 Å². The van der Waals surface area contributed by atoms with Gasteiger partial charge in [0.25, 0.3) is 11.6 Å². The van der Waals surface area contributed by atoms with Crippen molar-refractivity contribution in [3.05, 3.63) is 51.6 Å². The van der Waals surface area contributed by atoms with Crippen molar-refractivity contribution in [2.24, 2.45) is 0 Å². The number of carbonyl (C=O) groups excluding carboxylic acids is 1. The second-order valence-electron chi connectivity index (χ2n) is 6.15. The molecule has 0 atom stereocenters. The van der Waals surface area contributed by atoms with E-state index in [1.165, 1.54) is 31.3 Å². The zero-order valence-corrected chi connectivity index (χ0v) is 17.1. The number of carbonyl (C=O) groups is 1. The Morgan fingerprint density at radius 3 is 2.03 bits per heavy atom. The van der Waals surface area contributed by atoms with Crippen LogP contribution in [0.5, 0.6) is 23.0 Å². The molecule has 0 saturated carbocycles.